The van der Waals surface area contributed by atoms with Crippen LogP contribution in [0.2, 0.25) is 0 Å². The summed E-state index contributed by atoms with van der Waals surface area (Å²) in [5, 5.41) is 23.2. The molecular formula is C79H155NO5. The second-order valence-corrected chi connectivity index (χ2v) is 27.4. The van der Waals surface area contributed by atoms with Gasteiger partial charge in [-0.3, -0.25) is 9.59 Å². The number of rotatable bonds is 75. The lowest BCUT2D eigenvalue weighted by Crippen LogP contribution is -2.45. The van der Waals surface area contributed by atoms with Gasteiger partial charge in [0.05, 0.1) is 25.4 Å². The van der Waals surface area contributed by atoms with E-state index in [2.05, 4.69) is 19.2 Å². The van der Waals surface area contributed by atoms with Gasteiger partial charge in [0.2, 0.25) is 5.91 Å². The van der Waals surface area contributed by atoms with E-state index < -0.39 is 12.1 Å². The van der Waals surface area contributed by atoms with Gasteiger partial charge in [-0.25, -0.2) is 0 Å². The lowest BCUT2D eigenvalue weighted by Gasteiger charge is -2.20. The van der Waals surface area contributed by atoms with E-state index in [1.807, 2.05) is 6.08 Å². The predicted molar refractivity (Wildman–Crippen MR) is 375 cm³/mol. The molecule has 0 spiro atoms. The summed E-state index contributed by atoms with van der Waals surface area (Å²) in [5.41, 5.74) is 0. The summed E-state index contributed by atoms with van der Waals surface area (Å²) >= 11 is 0. The Morgan fingerprint density at radius 3 is 0.800 bits per heavy atom. The average molecular weight is 1200 g/mol. The van der Waals surface area contributed by atoms with Crippen LogP contribution in [0, 0.1) is 0 Å². The van der Waals surface area contributed by atoms with Gasteiger partial charge < -0.3 is 20.3 Å². The number of allylic oxidation sites excluding steroid dienone is 1. The van der Waals surface area contributed by atoms with Crippen LogP contribution in [0.25, 0.3) is 0 Å². The molecule has 85 heavy (non-hydrogen) atoms. The number of carbonyl (C=O) groups excluding carboxylic acids is 2. The zero-order chi connectivity index (χ0) is 61.3. The standard InChI is InChI=1S/C79H155NO5/c1-3-5-7-9-11-13-15-17-19-21-39-43-47-51-55-59-63-67-71-77(82)76(75-81)80-78(83)72-68-64-60-56-52-48-44-40-37-35-33-31-29-27-25-23-24-26-28-30-32-34-36-38-42-46-50-54-58-62-66-70-74-85-79(84)73-69-65-61-57-53-49-45-41-22-20-18-16-14-12-10-8-6-4-2/h67,71,76-77,81-82H,3-66,68-70,72-75H2,1-2H3,(H,80,83)/b71-67+. The van der Waals surface area contributed by atoms with Gasteiger partial charge in [-0.15, -0.1) is 0 Å². The van der Waals surface area contributed by atoms with Gasteiger partial charge in [0.15, 0.2) is 0 Å². The Hall–Kier alpha value is -1.40. The maximum absolute atomic E-state index is 12.5. The summed E-state index contributed by atoms with van der Waals surface area (Å²) in [5.74, 6) is -0.0324. The molecule has 0 aliphatic carbocycles. The Balaban J connectivity index is 3.32. The topological polar surface area (TPSA) is 95.9 Å². The zero-order valence-electron chi connectivity index (χ0n) is 58.1. The van der Waals surface area contributed by atoms with Crippen LogP contribution in [-0.4, -0.2) is 47.4 Å². The number of amides is 1. The number of aliphatic hydroxyl groups excluding tert-OH is 2. The largest absolute Gasteiger partial charge is 0.466 e. The molecule has 0 radical (unpaired) electrons. The number of ether oxygens (including phenoxy) is 1. The van der Waals surface area contributed by atoms with Crippen molar-refractivity contribution in [2.75, 3.05) is 13.2 Å². The van der Waals surface area contributed by atoms with Crippen molar-refractivity contribution in [3.8, 4) is 0 Å². The number of aliphatic hydroxyl groups is 2. The molecule has 2 unspecified atom stereocenters. The summed E-state index contributed by atoms with van der Waals surface area (Å²) in [6.07, 6.45) is 94.8. The Bertz CT molecular complexity index is 1290. The maximum atomic E-state index is 12.5. The van der Waals surface area contributed by atoms with Crippen molar-refractivity contribution >= 4 is 11.9 Å². The minimum atomic E-state index is -0.841. The second kappa shape index (κ2) is 75.1. The lowest BCUT2D eigenvalue weighted by molar-refractivity contribution is -0.143. The maximum Gasteiger partial charge on any atom is 0.305 e. The van der Waals surface area contributed by atoms with Crippen molar-refractivity contribution in [3.63, 3.8) is 0 Å². The fourth-order valence-corrected chi connectivity index (χ4v) is 12.8. The van der Waals surface area contributed by atoms with E-state index in [4.69, 9.17) is 4.74 Å². The third-order valence-corrected chi connectivity index (χ3v) is 18.8. The molecule has 0 bridgehead atoms. The first-order valence-corrected chi connectivity index (χ1v) is 39.5. The van der Waals surface area contributed by atoms with Crippen LogP contribution in [0.15, 0.2) is 12.2 Å². The molecule has 506 valence electrons. The zero-order valence-corrected chi connectivity index (χ0v) is 58.1. The fraction of sp³-hybridized carbons (Fsp3) is 0.949. The number of hydrogen-bond donors (Lipinski definition) is 3. The molecule has 0 aromatic rings. The van der Waals surface area contributed by atoms with E-state index >= 15 is 0 Å². The van der Waals surface area contributed by atoms with Crippen LogP contribution < -0.4 is 5.32 Å². The molecule has 1 amide bonds. The predicted octanol–water partition coefficient (Wildman–Crippen LogP) is 25.9. The molecule has 0 saturated carbocycles. The molecule has 0 aliphatic rings. The Kier molecular flexibility index (Phi) is 73.8. The van der Waals surface area contributed by atoms with Crippen LogP contribution >= 0.6 is 0 Å². The number of carbonyl (C=O) groups is 2. The van der Waals surface area contributed by atoms with Gasteiger partial charge in [-0.05, 0) is 32.1 Å². The molecule has 6 nitrogen and oxygen atoms in total. The molecule has 0 heterocycles. The third kappa shape index (κ3) is 71.6. The van der Waals surface area contributed by atoms with Crippen molar-refractivity contribution in [1.82, 2.24) is 5.32 Å². The summed E-state index contributed by atoms with van der Waals surface area (Å²) < 4.78 is 5.52. The van der Waals surface area contributed by atoms with Crippen molar-refractivity contribution < 1.29 is 24.5 Å². The van der Waals surface area contributed by atoms with Crippen molar-refractivity contribution in [2.45, 2.75) is 469 Å². The van der Waals surface area contributed by atoms with E-state index in [1.165, 1.54) is 392 Å². The van der Waals surface area contributed by atoms with Gasteiger partial charge in [0.25, 0.3) is 0 Å². The lowest BCUT2D eigenvalue weighted by atomic mass is 10.0. The highest BCUT2D eigenvalue weighted by Crippen LogP contribution is 2.20. The summed E-state index contributed by atoms with van der Waals surface area (Å²) in [4.78, 5) is 24.6. The molecule has 0 aromatic carbocycles. The van der Waals surface area contributed by atoms with Crippen molar-refractivity contribution in [3.05, 3.63) is 12.2 Å². The highest BCUT2D eigenvalue weighted by molar-refractivity contribution is 5.76. The normalized spacial score (nSPS) is 12.5. The summed E-state index contributed by atoms with van der Waals surface area (Å²) in [6, 6.07) is -0.624. The first kappa shape index (κ1) is 83.6. The van der Waals surface area contributed by atoms with Crippen LogP contribution in [0.1, 0.15) is 457 Å². The van der Waals surface area contributed by atoms with Gasteiger partial charge >= 0.3 is 5.97 Å². The monoisotopic (exact) mass is 1200 g/mol. The molecule has 3 N–H and O–H groups in total. The number of nitrogens with one attached hydrogen (secondary N) is 1. The highest BCUT2D eigenvalue weighted by Gasteiger charge is 2.18. The van der Waals surface area contributed by atoms with Gasteiger partial charge in [-0.1, -0.05) is 424 Å². The minimum absolute atomic E-state index is 0.0266. The summed E-state index contributed by atoms with van der Waals surface area (Å²) in [7, 11) is 0. The van der Waals surface area contributed by atoms with Gasteiger partial charge in [0, 0.05) is 12.8 Å². The van der Waals surface area contributed by atoms with Crippen LogP contribution in [0.5, 0.6) is 0 Å². The fourth-order valence-electron chi connectivity index (χ4n) is 12.8. The highest BCUT2D eigenvalue weighted by atomic mass is 16.5. The Morgan fingerprint density at radius 1 is 0.318 bits per heavy atom. The second-order valence-electron chi connectivity index (χ2n) is 27.4. The van der Waals surface area contributed by atoms with E-state index in [-0.39, 0.29) is 18.5 Å². The number of unbranched alkanes of at least 4 members (excludes halogenated alkanes) is 64. The number of esters is 1. The first-order valence-electron chi connectivity index (χ1n) is 39.5. The molecule has 0 fully saturated rings. The molecular weight excluding hydrogens is 1040 g/mol. The molecule has 0 aliphatic heterocycles. The van der Waals surface area contributed by atoms with Crippen molar-refractivity contribution in [2.24, 2.45) is 0 Å². The molecule has 0 saturated heterocycles. The molecule has 2 atom stereocenters. The Morgan fingerprint density at radius 2 is 0.541 bits per heavy atom. The van der Waals surface area contributed by atoms with Crippen LogP contribution in [-0.2, 0) is 14.3 Å². The molecule has 0 aromatic heterocycles. The van der Waals surface area contributed by atoms with Crippen molar-refractivity contribution in [1.29, 1.82) is 0 Å². The third-order valence-electron chi connectivity index (χ3n) is 18.8. The van der Waals surface area contributed by atoms with E-state index in [0.29, 0.717) is 19.4 Å². The van der Waals surface area contributed by atoms with E-state index in [9.17, 15) is 19.8 Å². The average Bonchev–Trinajstić information content (AvgIpc) is 3.51. The first-order chi connectivity index (χ1) is 42.0. The molecule has 6 heteroatoms. The smallest absolute Gasteiger partial charge is 0.305 e. The Labute approximate surface area is 533 Å². The quantitative estimate of drug-likeness (QED) is 0.0320. The van der Waals surface area contributed by atoms with Crippen LogP contribution in [0.4, 0.5) is 0 Å². The minimum Gasteiger partial charge on any atom is -0.466 e. The SMILES string of the molecule is CCCCCCCCCCCCCCCCCC/C=C/C(O)C(CO)NC(=O)CCCCCCCCCCCCCCCCCCCCCCCCCCCCCCCCCCOC(=O)CCCCCCCCCCCCCCCCCCCC. The van der Waals surface area contributed by atoms with E-state index in [1.54, 1.807) is 6.08 Å². The number of hydrogen-bond acceptors (Lipinski definition) is 5. The van der Waals surface area contributed by atoms with E-state index in [0.717, 1.165) is 38.5 Å². The van der Waals surface area contributed by atoms with Crippen LogP contribution in [0.3, 0.4) is 0 Å². The van der Waals surface area contributed by atoms with Gasteiger partial charge in [-0.2, -0.15) is 0 Å². The van der Waals surface area contributed by atoms with Gasteiger partial charge in [0.1, 0.15) is 0 Å². The summed E-state index contributed by atoms with van der Waals surface area (Å²) in [6.45, 7) is 4.97. The molecule has 0 rings (SSSR count).